The fourth-order valence-electron chi connectivity index (χ4n) is 0.441. The predicted octanol–water partition coefficient (Wildman–Crippen LogP) is 0.486. The third kappa shape index (κ3) is 5.31. The Morgan fingerprint density at radius 1 is 1.90 bits per heavy atom. The third-order valence-electron chi connectivity index (χ3n) is 0.991. The number of hydrogen-bond acceptors (Lipinski definition) is 3. The molecule has 10 heavy (non-hydrogen) atoms. The largest absolute Gasteiger partial charge is 0.466 e. The molecule has 1 N–H and O–H groups in total. The molecule has 3 heteroatoms. The summed E-state index contributed by atoms with van der Waals surface area (Å²) < 4.78 is 4.57. The van der Waals surface area contributed by atoms with Crippen LogP contribution in [0.4, 0.5) is 0 Å². The maximum atomic E-state index is 10.2. The fourth-order valence-corrected chi connectivity index (χ4v) is 0.441. The molecule has 0 aromatic carbocycles. The summed E-state index contributed by atoms with van der Waals surface area (Å²) in [6, 6.07) is 0. The topological polar surface area (TPSA) is 46.5 Å². The van der Waals surface area contributed by atoms with E-state index in [2.05, 4.69) is 11.3 Å². The van der Waals surface area contributed by atoms with Gasteiger partial charge in [-0.25, -0.2) is 0 Å². The van der Waals surface area contributed by atoms with Crippen molar-refractivity contribution in [3.63, 3.8) is 0 Å². The molecule has 0 saturated carbocycles. The van der Waals surface area contributed by atoms with Gasteiger partial charge in [-0.1, -0.05) is 6.08 Å². The molecule has 0 heterocycles. The Morgan fingerprint density at radius 3 is 2.90 bits per heavy atom. The molecule has 0 aliphatic carbocycles. The summed E-state index contributed by atoms with van der Waals surface area (Å²) >= 11 is 0. The maximum absolute atomic E-state index is 10.2. The fraction of sp³-hybridized carbons (Fsp3) is 0.571. The standard InChI is InChI=1S/C7H12O3/c1-3-7(9)4-5-10-6(2)8/h3,7,9H,1,4-5H2,2H3. The Bertz CT molecular complexity index is 120. The summed E-state index contributed by atoms with van der Waals surface area (Å²) in [6.45, 7) is 4.95. The summed E-state index contributed by atoms with van der Waals surface area (Å²) in [5.41, 5.74) is 0. The van der Waals surface area contributed by atoms with Crippen LogP contribution in [0.5, 0.6) is 0 Å². The number of carbonyl (C=O) groups excluding carboxylic acids is 1. The molecule has 1 atom stereocenters. The molecule has 0 fully saturated rings. The van der Waals surface area contributed by atoms with Crippen LogP contribution in [-0.4, -0.2) is 23.8 Å². The molecule has 0 amide bonds. The van der Waals surface area contributed by atoms with Crippen molar-refractivity contribution < 1.29 is 14.6 Å². The number of aliphatic hydroxyl groups is 1. The first-order chi connectivity index (χ1) is 4.66. The van der Waals surface area contributed by atoms with Crippen LogP contribution in [0.1, 0.15) is 13.3 Å². The molecule has 0 aliphatic rings. The smallest absolute Gasteiger partial charge is 0.302 e. The summed E-state index contributed by atoms with van der Waals surface area (Å²) in [5.74, 6) is -0.323. The van der Waals surface area contributed by atoms with Gasteiger partial charge in [-0.3, -0.25) is 4.79 Å². The maximum Gasteiger partial charge on any atom is 0.302 e. The van der Waals surface area contributed by atoms with Gasteiger partial charge in [0.25, 0.3) is 0 Å². The number of carbonyl (C=O) groups is 1. The second-order valence-electron chi connectivity index (χ2n) is 1.93. The lowest BCUT2D eigenvalue weighted by Crippen LogP contribution is -2.08. The Kier molecular flexibility index (Phi) is 4.58. The number of rotatable bonds is 4. The van der Waals surface area contributed by atoms with Gasteiger partial charge >= 0.3 is 5.97 Å². The van der Waals surface area contributed by atoms with Crippen LogP contribution in [0.25, 0.3) is 0 Å². The van der Waals surface area contributed by atoms with Crippen molar-refractivity contribution in [3.05, 3.63) is 12.7 Å². The molecule has 0 rings (SSSR count). The van der Waals surface area contributed by atoms with Crippen molar-refractivity contribution >= 4 is 5.97 Å². The second kappa shape index (κ2) is 4.99. The zero-order valence-corrected chi connectivity index (χ0v) is 6.04. The van der Waals surface area contributed by atoms with Gasteiger partial charge in [-0.2, -0.15) is 0 Å². The van der Waals surface area contributed by atoms with E-state index in [0.717, 1.165) is 0 Å². The van der Waals surface area contributed by atoms with Crippen LogP contribution in [0, 0.1) is 0 Å². The number of aliphatic hydroxyl groups excluding tert-OH is 1. The molecule has 1 unspecified atom stereocenters. The highest BCUT2D eigenvalue weighted by molar-refractivity contribution is 5.65. The van der Waals surface area contributed by atoms with Crippen LogP contribution in [-0.2, 0) is 9.53 Å². The lowest BCUT2D eigenvalue weighted by Gasteiger charge is -2.03. The molecular formula is C7H12O3. The van der Waals surface area contributed by atoms with Gasteiger partial charge in [0.2, 0.25) is 0 Å². The Balaban J connectivity index is 3.19. The van der Waals surface area contributed by atoms with E-state index in [4.69, 9.17) is 5.11 Å². The first-order valence-corrected chi connectivity index (χ1v) is 3.10. The summed E-state index contributed by atoms with van der Waals surface area (Å²) in [7, 11) is 0. The van der Waals surface area contributed by atoms with Gasteiger partial charge in [0, 0.05) is 13.3 Å². The van der Waals surface area contributed by atoms with Crippen molar-refractivity contribution in [2.24, 2.45) is 0 Å². The molecule has 0 saturated heterocycles. The van der Waals surface area contributed by atoms with E-state index in [0.29, 0.717) is 6.42 Å². The number of hydrogen-bond donors (Lipinski definition) is 1. The minimum Gasteiger partial charge on any atom is -0.466 e. The van der Waals surface area contributed by atoms with E-state index in [-0.39, 0.29) is 12.6 Å². The van der Waals surface area contributed by atoms with Gasteiger partial charge in [-0.15, -0.1) is 6.58 Å². The van der Waals surface area contributed by atoms with E-state index in [9.17, 15) is 4.79 Å². The Morgan fingerprint density at radius 2 is 2.50 bits per heavy atom. The first-order valence-electron chi connectivity index (χ1n) is 3.10. The summed E-state index contributed by atoms with van der Waals surface area (Å²) in [5, 5.41) is 8.86. The van der Waals surface area contributed by atoms with Crippen molar-refractivity contribution in [2.45, 2.75) is 19.4 Å². The molecule has 0 radical (unpaired) electrons. The average Bonchev–Trinajstić information content (AvgIpc) is 1.87. The lowest BCUT2D eigenvalue weighted by molar-refractivity contribution is -0.141. The minimum atomic E-state index is -0.570. The van der Waals surface area contributed by atoms with Crippen LogP contribution in [0.3, 0.4) is 0 Å². The van der Waals surface area contributed by atoms with E-state index in [1.807, 2.05) is 0 Å². The molecule has 58 valence electrons. The van der Waals surface area contributed by atoms with Crippen molar-refractivity contribution in [2.75, 3.05) is 6.61 Å². The summed E-state index contributed by atoms with van der Waals surface area (Å²) in [4.78, 5) is 10.2. The lowest BCUT2D eigenvalue weighted by atomic mass is 10.3. The molecule has 0 bridgehead atoms. The van der Waals surface area contributed by atoms with Gasteiger partial charge in [0.1, 0.15) is 0 Å². The molecule has 0 aromatic rings. The molecule has 0 aliphatic heterocycles. The van der Waals surface area contributed by atoms with Crippen molar-refractivity contribution in [3.8, 4) is 0 Å². The zero-order valence-electron chi connectivity index (χ0n) is 6.04. The van der Waals surface area contributed by atoms with E-state index in [1.54, 1.807) is 0 Å². The predicted molar refractivity (Wildman–Crippen MR) is 37.5 cm³/mol. The monoisotopic (exact) mass is 144 g/mol. The molecular weight excluding hydrogens is 132 g/mol. The van der Waals surface area contributed by atoms with Gasteiger partial charge in [0.05, 0.1) is 12.7 Å². The van der Waals surface area contributed by atoms with Gasteiger partial charge < -0.3 is 9.84 Å². The SMILES string of the molecule is C=CC(O)CCOC(C)=O. The normalized spacial score (nSPS) is 12.2. The minimum absolute atomic E-state index is 0.252. The Hall–Kier alpha value is -0.830. The van der Waals surface area contributed by atoms with Gasteiger partial charge in [-0.05, 0) is 0 Å². The first kappa shape index (κ1) is 9.17. The number of ether oxygens (including phenoxy) is 1. The highest BCUT2D eigenvalue weighted by atomic mass is 16.5. The molecule has 3 nitrogen and oxygen atoms in total. The summed E-state index contributed by atoms with van der Waals surface area (Å²) in [6.07, 6.45) is 1.26. The third-order valence-corrected chi connectivity index (χ3v) is 0.991. The highest BCUT2D eigenvalue weighted by Gasteiger charge is 1.98. The van der Waals surface area contributed by atoms with Crippen LogP contribution < -0.4 is 0 Å². The van der Waals surface area contributed by atoms with E-state index >= 15 is 0 Å². The van der Waals surface area contributed by atoms with E-state index in [1.165, 1.54) is 13.0 Å². The van der Waals surface area contributed by atoms with Crippen LogP contribution >= 0.6 is 0 Å². The highest BCUT2D eigenvalue weighted by Crippen LogP contribution is 1.92. The van der Waals surface area contributed by atoms with Gasteiger partial charge in [0.15, 0.2) is 0 Å². The van der Waals surface area contributed by atoms with Crippen LogP contribution in [0.2, 0.25) is 0 Å². The molecule has 0 spiro atoms. The number of esters is 1. The van der Waals surface area contributed by atoms with Crippen LogP contribution in [0.15, 0.2) is 12.7 Å². The average molecular weight is 144 g/mol. The van der Waals surface area contributed by atoms with Crippen molar-refractivity contribution in [1.29, 1.82) is 0 Å². The Labute approximate surface area is 60.3 Å². The second-order valence-corrected chi connectivity index (χ2v) is 1.93. The molecule has 0 aromatic heterocycles. The zero-order chi connectivity index (χ0) is 7.98. The quantitative estimate of drug-likeness (QED) is 0.461. The van der Waals surface area contributed by atoms with E-state index < -0.39 is 6.10 Å². The van der Waals surface area contributed by atoms with Crippen molar-refractivity contribution in [1.82, 2.24) is 0 Å².